The summed E-state index contributed by atoms with van der Waals surface area (Å²) in [5.41, 5.74) is -0.414. The van der Waals surface area contributed by atoms with Crippen LogP contribution in [0.2, 0.25) is 0 Å². The van der Waals surface area contributed by atoms with E-state index in [1.807, 2.05) is 0 Å². The molecule has 0 radical (unpaired) electrons. The molecule has 0 fully saturated rings. The van der Waals surface area contributed by atoms with Crippen LogP contribution in [-0.2, 0) is 20.7 Å². The Hall–Kier alpha value is -1.98. The Morgan fingerprint density at radius 1 is 1.27 bits per heavy atom. The maximum atomic E-state index is 12.6. The summed E-state index contributed by atoms with van der Waals surface area (Å²) in [5, 5.41) is 9.20. The van der Waals surface area contributed by atoms with Gasteiger partial charge in [-0.2, -0.15) is 0 Å². The van der Waals surface area contributed by atoms with Crippen LogP contribution in [0.3, 0.4) is 0 Å². The van der Waals surface area contributed by atoms with Gasteiger partial charge in [-0.25, -0.2) is 8.78 Å². The topological polar surface area (TPSA) is 63.6 Å². The van der Waals surface area contributed by atoms with Crippen LogP contribution in [0, 0.1) is 5.92 Å². The second-order valence-corrected chi connectivity index (χ2v) is 6.08. The maximum absolute atomic E-state index is 12.6. The molecule has 1 rings (SSSR count). The van der Waals surface area contributed by atoms with E-state index in [2.05, 4.69) is 0 Å². The first-order chi connectivity index (χ1) is 10.1. The van der Waals surface area contributed by atoms with Crippen LogP contribution in [0.4, 0.5) is 8.78 Å². The van der Waals surface area contributed by atoms with Crippen molar-refractivity contribution in [1.29, 1.82) is 0 Å². The van der Waals surface area contributed by atoms with Crippen LogP contribution in [0.5, 0.6) is 0 Å². The molecule has 0 aliphatic heterocycles. The van der Waals surface area contributed by atoms with Crippen molar-refractivity contribution in [2.75, 3.05) is 0 Å². The van der Waals surface area contributed by atoms with Crippen molar-refractivity contribution < 1.29 is 28.2 Å². The molecule has 122 valence electrons. The third-order valence-corrected chi connectivity index (χ3v) is 2.87. The lowest BCUT2D eigenvalue weighted by atomic mass is 9.95. The van der Waals surface area contributed by atoms with Crippen molar-refractivity contribution in [2.24, 2.45) is 5.92 Å². The fourth-order valence-corrected chi connectivity index (χ4v) is 1.97. The number of halogens is 2. The molecule has 1 aromatic carbocycles. The minimum absolute atomic E-state index is 0.00483. The molecule has 0 amide bonds. The SMILES string of the molecule is CC(C)(C)OC(=O)C[C@@H](Cc1cccc(C(F)F)c1)C(=O)O. The van der Waals surface area contributed by atoms with E-state index < -0.39 is 29.9 Å². The molecule has 0 bridgehead atoms. The third-order valence-electron chi connectivity index (χ3n) is 2.87. The van der Waals surface area contributed by atoms with Gasteiger partial charge in [0.2, 0.25) is 0 Å². The Morgan fingerprint density at radius 2 is 1.91 bits per heavy atom. The first-order valence-corrected chi connectivity index (χ1v) is 6.90. The fourth-order valence-electron chi connectivity index (χ4n) is 1.97. The van der Waals surface area contributed by atoms with E-state index in [4.69, 9.17) is 4.74 Å². The Morgan fingerprint density at radius 3 is 2.41 bits per heavy atom. The predicted octanol–water partition coefficient (Wildman–Crippen LogP) is 3.60. The number of carbonyl (C=O) groups is 2. The first-order valence-electron chi connectivity index (χ1n) is 6.90. The van der Waals surface area contributed by atoms with E-state index in [1.165, 1.54) is 18.2 Å². The van der Waals surface area contributed by atoms with Crippen LogP contribution in [-0.4, -0.2) is 22.6 Å². The monoisotopic (exact) mass is 314 g/mol. The first kappa shape index (κ1) is 18.1. The van der Waals surface area contributed by atoms with E-state index in [0.717, 1.165) is 0 Å². The fraction of sp³-hybridized carbons (Fsp3) is 0.500. The molecule has 0 spiro atoms. The molecule has 0 aromatic heterocycles. The van der Waals surface area contributed by atoms with Gasteiger partial charge in [0, 0.05) is 5.56 Å². The summed E-state index contributed by atoms with van der Waals surface area (Å²) in [7, 11) is 0. The molecule has 0 saturated heterocycles. The van der Waals surface area contributed by atoms with Crippen molar-refractivity contribution in [3.63, 3.8) is 0 Å². The molecule has 0 aliphatic carbocycles. The summed E-state index contributed by atoms with van der Waals surface area (Å²) >= 11 is 0. The number of ether oxygens (including phenoxy) is 1. The number of carbonyl (C=O) groups excluding carboxylic acids is 1. The minimum Gasteiger partial charge on any atom is -0.481 e. The number of benzene rings is 1. The van der Waals surface area contributed by atoms with Gasteiger partial charge in [0.1, 0.15) is 5.60 Å². The Balaban J connectivity index is 2.79. The quantitative estimate of drug-likeness (QED) is 0.815. The highest BCUT2D eigenvalue weighted by Crippen LogP contribution is 2.22. The zero-order chi connectivity index (χ0) is 16.9. The van der Waals surface area contributed by atoms with Crippen molar-refractivity contribution in [3.05, 3.63) is 35.4 Å². The van der Waals surface area contributed by atoms with Crippen molar-refractivity contribution in [2.45, 2.75) is 45.6 Å². The van der Waals surface area contributed by atoms with Crippen LogP contribution < -0.4 is 0 Å². The lowest BCUT2D eigenvalue weighted by Crippen LogP contribution is -2.28. The third kappa shape index (κ3) is 6.20. The van der Waals surface area contributed by atoms with Crippen LogP contribution in [0.1, 0.15) is 44.7 Å². The van der Waals surface area contributed by atoms with Gasteiger partial charge in [0.05, 0.1) is 12.3 Å². The highest BCUT2D eigenvalue weighted by atomic mass is 19.3. The molecular weight excluding hydrogens is 294 g/mol. The highest BCUT2D eigenvalue weighted by Gasteiger charge is 2.25. The normalized spacial score (nSPS) is 13.0. The molecule has 1 aromatic rings. The van der Waals surface area contributed by atoms with Crippen LogP contribution in [0.15, 0.2) is 24.3 Å². The van der Waals surface area contributed by atoms with Gasteiger partial charge in [-0.3, -0.25) is 9.59 Å². The standard InChI is InChI=1S/C16H20F2O4/c1-16(2,3)22-13(19)9-12(15(20)21)8-10-5-4-6-11(7-10)14(17)18/h4-7,12,14H,8-9H2,1-3H3,(H,20,21)/t12-/m1/s1. The number of esters is 1. The van der Waals surface area contributed by atoms with Gasteiger partial charge in [-0.15, -0.1) is 0 Å². The molecule has 0 heterocycles. The average molecular weight is 314 g/mol. The van der Waals surface area contributed by atoms with Crippen molar-refractivity contribution in [3.8, 4) is 0 Å². The van der Waals surface area contributed by atoms with Gasteiger partial charge in [-0.1, -0.05) is 24.3 Å². The number of carboxylic acids is 1. The summed E-state index contributed by atoms with van der Waals surface area (Å²) in [5.74, 6) is -2.79. The molecular formula is C16H20F2O4. The number of carboxylic acid groups (broad SMARTS) is 1. The van der Waals surface area contributed by atoms with Gasteiger partial charge < -0.3 is 9.84 Å². The number of alkyl halides is 2. The van der Waals surface area contributed by atoms with Gasteiger partial charge in [0.15, 0.2) is 0 Å². The van der Waals surface area contributed by atoms with Gasteiger partial charge >= 0.3 is 11.9 Å². The number of hydrogen-bond donors (Lipinski definition) is 1. The summed E-state index contributed by atoms with van der Waals surface area (Å²) in [6.07, 6.45) is -2.92. The van der Waals surface area contributed by atoms with Gasteiger partial charge in [-0.05, 0) is 32.8 Å². The number of hydrogen-bond acceptors (Lipinski definition) is 3. The summed E-state index contributed by atoms with van der Waals surface area (Å²) in [4.78, 5) is 23.0. The molecule has 22 heavy (non-hydrogen) atoms. The van der Waals surface area contributed by atoms with Crippen LogP contribution >= 0.6 is 0 Å². The van der Waals surface area contributed by atoms with Crippen molar-refractivity contribution >= 4 is 11.9 Å². The van der Waals surface area contributed by atoms with Crippen molar-refractivity contribution in [1.82, 2.24) is 0 Å². The van der Waals surface area contributed by atoms with E-state index in [0.29, 0.717) is 5.56 Å². The Kier molecular flexibility index (Phi) is 6.02. The van der Waals surface area contributed by atoms with Gasteiger partial charge in [0.25, 0.3) is 6.43 Å². The van der Waals surface area contributed by atoms with E-state index in [-0.39, 0.29) is 18.4 Å². The maximum Gasteiger partial charge on any atom is 0.307 e. The molecule has 1 N–H and O–H groups in total. The largest absolute Gasteiger partial charge is 0.481 e. The lowest BCUT2D eigenvalue weighted by Gasteiger charge is -2.21. The number of rotatable bonds is 6. The average Bonchev–Trinajstić information content (AvgIpc) is 2.35. The van der Waals surface area contributed by atoms with E-state index >= 15 is 0 Å². The zero-order valence-corrected chi connectivity index (χ0v) is 12.8. The summed E-state index contributed by atoms with van der Waals surface area (Å²) < 4.78 is 30.4. The molecule has 4 nitrogen and oxygen atoms in total. The molecule has 0 aliphatic rings. The molecule has 0 unspecified atom stereocenters. The van der Waals surface area contributed by atoms with Crippen LogP contribution in [0.25, 0.3) is 0 Å². The molecule has 6 heteroatoms. The Labute approximate surface area is 128 Å². The number of aliphatic carboxylic acids is 1. The molecule has 1 atom stereocenters. The summed E-state index contributed by atoms with van der Waals surface area (Å²) in [6.45, 7) is 5.06. The highest BCUT2D eigenvalue weighted by molar-refractivity contribution is 5.79. The predicted molar refractivity (Wildman–Crippen MR) is 76.7 cm³/mol. The Bertz CT molecular complexity index is 535. The molecule has 0 saturated carbocycles. The second-order valence-electron chi connectivity index (χ2n) is 6.08. The van der Waals surface area contributed by atoms with E-state index in [1.54, 1.807) is 26.8 Å². The minimum atomic E-state index is -2.62. The lowest BCUT2D eigenvalue weighted by molar-refractivity contribution is -0.159. The second kappa shape index (κ2) is 7.33. The summed E-state index contributed by atoms with van der Waals surface area (Å²) in [6, 6.07) is 5.55. The van der Waals surface area contributed by atoms with E-state index in [9.17, 15) is 23.5 Å². The zero-order valence-electron chi connectivity index (χ0n) is 12.8. The smallest absolute Gasteiger partial charge is 0.307 e.